The molecule has 1 aliphatic rings. The summed E-state index contributed by atoms with van der Waals surface area (Å²) in [7, 11) is 0. The molecule has 4 nitrogen and oxygen atoms in total. The van der Waals surface area contributed by atoms with E-state index in [0.717, 1.165) is 43.9 Å². The second-order valence-corrected chi connectivity index (χ2v) is 6.39. The monoisotopic (exact) mass is 344 g/mol. The van der Waals surface area contributed by atoms with Gasteiger partial charge in [0.1, 0.15) is 0 Å². The van der Waals surface area contributed by atoms with Crippen molar-refractivity contribution in [2.24, 2.45) is 0 Å². The fourth-order valence-electron chi connectivity index (χ4n) is 2.73. The third-order valence-electron chi connectivity index (χ3n) is 4.05. The quantitative estimate of drug-likeness (QED) is 0.866. The summed E-state index contributed by atoms with van der Waals surface area (Å²) in [5.41, 5.74) is 2.51. The van der Waals surface area contributed by atoms with Gasteiger partial charge in [-0.25, -0.2) is 0 Å². The Hall–Kier alpha value is -1.88. The van der Waals surface area contributed by atoms with E-state index in [4.69, 9.17) is 16.3 Å². The maximum atomic E-state index is 12.3. The van der Waals surface area contributed by atoms with E-state index in [9.17, 15) is 4.79 Å². The summed E-state index contributed by atoms with van der Waals surface area (Å²) in [5, 5.41) is 7.04. The molecule has 2 aromatic rings. The highest BCUT2D eigenvalue weighted by molar-refractivity contribution is 6.30. The van der Waals surface area contributed by atoms with E-state index in [2.05, 4.69) is 16.7 Å². The molecular weight excluding hydrogens is 324 g/mol. The number of benzene rings is 2. The van der Waals surface area contributed by atoms with Crippen LogP contribution in [-0.2, 0) is 11.3 Å². The van der Waals surface area contributed by atoms with Gasteiger partial charge in [-0.3, -0.25) is 4.79 Å². The summed E-state index contributed by atoms with van der Waals surface area (Å²) in [5.74, 6) is -0.141. The fraction of sp³-hybridized carbons (Fsp3) is 0.316. The molecule has 24 heavy (non-hydrogen) atoms. The third-order valence-corrected chi connectivity index (χ3v) is 4.30. The molecule has 1 aliphatic heterocycles. The van der Waals surface area contributed by atoms with E-state index in [0.29, 0.717) is 16.6 Å². The van der Waals surface area contributed by atoms with Crippen molar-refractivity contribution >= 4 is 23.2 Å². The number of ether oxygens (including phenoxy) is 1. The zero-order valence-corrected chi connectivity index (χ0v) is 14.2. The van der Waals surface area contributed by atoms with E-state index in [-0.39, 0.29) is 5.91 Å². The summed E-state index contributed by atoms with van der Waals surface area (Å²) in [4.78, 5) is 12.3. The van der Waals surface area contributed by atoms with Crippen molar-refractivity contribution in [3.8, 4) is 0 Å². The maximum absolute atomic E-state index is 12.3. The lowest BCUT2D eigenvalue weighted by Gasteiger charge is -2.23. The van der Waals surface area contributed by atoms with Crippen LogP contribution in [0.4, 0.5) is 5.69 Å². The number of carbonyl (C=O) groups is 1. The lowest BCUT2D eigenvalue weighted by Crippen LogP contribution is -2.36. The Morgan fingerprint density at radius 1 is 1.21 bits per heavy atom. The summed E-state index contributed by atoms with van der Waals surface area (Å²) >= 11 is 5.85. The van der Waals surface area contributed by atoms with Gasteiger partial charge in [0, 0.05) is 35.5 Å². The van der Waals surface area contributed by atoms with Crippen LogP contribution in [0.1, 0.15) is 28.8 Å². The van der Waals surface area contributed by atoms with Gasteiger partial charge in [-0.15, -0.1) is 0 Å². The molecule has 126 valence electrons. The smallest absolute Gasteiger partial charge is 0.255 e. The van der Waals surface area contributed by atoms with Gasteiger partial charge in [0.2, 0.25) is 0 Å². The van der Waals surface area contributed by atoms with Gasteiger partial charge < -0.3 is 15.4 Å². The Balaban J connectivity index is 1.58. The molecule has 2 N–H and O–H groups in total. The molecule has 0 radical (unpaired) electrons. The number of anilines is 1. The molecule has 5 heteroatoms. The average molecular weight is 345 g/mol. The first-order valence-corrected chi connectivity index (χ1v) is 8.55. The van der Waals surface area contributed by atoms with Crippen molar-refractivity contribution in [3.05, 3.63) is 64.7 Å². The maximum Gasteiger partial charge on any atom is 0.255 e. The van der Waals surface area contributed by atoms with Gasteiger partial charge in [-0.05, 0) is 54.8 Å². The van der Waals surface area contributed by atoms with Crippen LogP contribution >= 0.6 is 11.6 Å². The van der Waals surface area contributed by atoms with E-state index in [1.807, 2.05) is 18.2 Å². The highest BCUT2D eigenvalue weighted by atomic mass is 35.5. The number of rotatable bonds is 5. The van der Waals surface area contributed by atoms with E-state index in [1.165, 1.54) is 0 Å². The zero-order valence-electron chi connectivity index (χ0n) is 13.4. The molecule has 3 rings (SSSR count). The third kappa shape index (κ3) is 4.81. The fourth-order valence-corrected chi connectivity index (χ4v) is 2.85. The lowest BCUT2D eigenvalue weighted by molar-refractivity contribution is 0.0699. The van der Waals surface area contributed by atoms with Crippen LogP contribution in [-0.4, -0.2) is 25.2 Å². The average Bonchev–Trinajstić information content (AvgIpc) is 2.62. The number of amides is 1. The van der Waals surface area contributed by atoms with E-state index < -0.39 is 0 Å². The standard InChI is InChI=1S/C19H21ClN2O2/c20-16-8-6-15(7-9-16)19(23)22-17-4-1-3-14(11-17)12-21-18-5-2-10-24-13-18/h1,3-4,6-9,11,18,21H,2,5,10,12-13H2,(H,22,23)/t18-/m0/s1. The molecule has 0 spiro atoms. The normalized spacial score (nSPS) is 17.5. The molecule has 0 bridgehead atoms. The van der Waals surface area contributed by atoms with Crippen LogP contribution in [0.15, 0.2) is 48.5 Å². The Morgan fingerprint density at radius 3 is 2.79 bits per heavy atom. The van der Waals surface area contributed by atoms with Crippen molar-refractivity contribution in [3.63, 3.8) is 0 Å². The number of nitrogens with one attached hydrogen (secondary N) is 2. The molecule has 1 amide bonds. The number of hydrogen-bond acceptors (Lipinski definition) is 3. The number of hydrogen-bond donors (Lipinski definition) is 2. The highest BCUT2D eigenvalue weighted by Crippen LogP contribution is 2.15. The van der Waals surface area contributed by atoms with Gasteiger partial charge >= 0.3 is 0 Å². The molecule has 1 fully saturated rings. The van der Waals surface area contributed by atoms with Crippen LogP contribution in [0.3, 0.4) is 0 Å². The SMILES string of the molecule is O=C(Nc1cccc(CN[C@H]2CCCOC2)c1)c1ccc(Cl)cc1. The molecule has 1 saturated heterocycles. The van der Waals surface area contributed by atoms with Crippen molar-refractivity contribution in [2.45, 2.75) is 25.4 Å². The predicted molar refractivity (Wildman–Crippen MR) is 96.5 cm³/mol. The molecule has 0 aromatic heterocycles. The van der Waals surface area contributed by atoms with Crippen molar-refractivity contribution < 1.29 is 9.53 Å². The lowest BCUT2D eigenvalue weighted by atomic mass is 10.1. The molecular formula is C19H21ClN2O2. The van der Waals surface area contributed by atoms with Crippen molar-refractivity contribution in [1.82, 2.24) is 5.32 Å². The molecule has 0 unspecified atom stereocenters. The molecule has 1 heterocycles. The summed E-state index contributed by atoms with van der Waals surface area (Å²) in [6.45, 7) is 2.40. The first-order valence-electron chi connectivity index (χ1n) is 8.18. The van der Waals surface area contributed by atoms with Gasteiger partial charge in [-0.2, -0.15) is 0 Å². The van der Waals surface area contributed by atoms with Crippen molar-refractivity contribution in [2.75, 3.05) is 18.5 Å². The van der Waals surface area contributed by atoms with E-state index in [1.54, 1.807) is 24.3 Å². The summed E-state index contributed by atoms with van der Waals surface area (Å²) in [6.07, 6.45) is 2.25. The second-order valence-electron chi connectivity index (χ2n) is 5.96. The molecule has 1 atom stereocenters. The van der Waals surface area contributed by atoms with Crippen LogP contribution in [0.5, 0.6) is 0 Å². The topological polar surface area (TPSA) is 50.4 Å². The Kier molecular flexibility index (Phi) is 5.86. The minimum Gasteiger partial charge on any atom is -0.380 e. The first-order chi connectivity index (χ1) is 11.7. The van der Waals surface area contributed by atoms with E-state index >= 15 is 0 Å². The molecule has 2 aromatic carbocycles. The molecule has 0 saturated carbocycles. The number of halogens is 1. The van der Waals surface area contributed by atoms with Crippen molar-refractivity contribution in [1.29, 1.82) is 0 Å². The largest absolute Gasteiger partial charge is 0.380 e. The summed E-state index contributed by atoms with van der Waals surface area (Å²) in [6, 6.07) is 15.1. The van der Waals surface area contributed by atoms with Crippen LogP contribution in [0.2, 0.25) is 5.02 Å². The van der Waals surface area contributed by atoms with Crippen LogP contribution in [0, 0.1) is 0 Å². The Bertz CT molecular complexity index is 682. The Labute approximate surface area is 147 Å². The van der Waals surface area contributed by atoms with Gasteiger partial charge in [0.05, 0.1) is 6.61 Å². The first kappa shape index (κ1) is 17.0. The van der Waals surface area contributed by atoms with Crippen LogP contribution in [0.25, 0.3) is 0 Å². The van der Waals surface area contributed by atoms with Gasteiger partial charge in [-0.1, -0.05) is 23.7 Å². The van der Waals surface area contributed by atoms with Crippen LogP contribution < -0.4 is 10.6 Å². The zero-order chi connectivity index (χ0) is 16.8. The van der Waals surface area contributed by atoms with Gasteiger partial charge in [0.15, 0.2) is 0 Å². The predicted octanol–water partition coefficient (Wildman–Crippen LogP) is 3.86. The minimum absolute atomic E-state index is 0.141. The summed E-state index contributed by atoms with van der Waals surface area (Å²) < 4.78 is 5.48. The van der Waals surface area contributed by atoms with Gasteiger partial charge in [0.25, 0.3) is 5.91 Å². The minimum atomic E-state index is -0.141. The number of carbonyl (C=O) groups excluding carboxylic acids is 1. The highest BCUT2D eigenvalue weighted by Gasteiger charge is 2.13. The Morgan fingerprint density at radius 2 is 2.04 bits per heavy atom. The second kappa shape index (κ2) is 8.29. The molecule has 0 aliphatic carbocycles.